The highest BCUT2D eigenvalue weighted by molar-refractivity contribution is 5.80. The van der Waals surface area contributed by atoms with E-state index in [2.05, 4.69) is 17.5 Å². The second-order valence-electron chi connectivity index (χ2n) is 4.17. The molecule has 0 aromatic carbocycles. The van der Waals surface area contributed by atoms with Crippen LogP contribution in [0.1, 0.15) is 32.1 Å². The van der Waals surface area contributed by atoms with Crippen LogP contribution < -0.4 is 5.32 Å². The Morgan fingerprint density at radius 2 is 2.15 bits per heavy atom. The molecular weight excluding hydrogens is 162 g/mol. The van der Waals surface area contributed by atoms with Gasteiger partial charge in [0.25, 0.3) is 0 Å². The molecule has 1 unspecified atom stereocenters. The van der Waals surface area contributed by atoms with Gasteiger partial charge in [0.15, 0.2) is 0 Å². The molecule has 2 aliphatic carbocycles. The number of rotatable bonds is 3. The first-order chi connectivity index (χ1) is 6.36. The third-order valence-electron chi connectivity index (χ3n) is 2.89. The molecule has 1 fully saturated rings. The fourth-order valence-electron chi connectivity index (χ4n) is 1.78. The van der Waals surface area contributed by atoms with Gasteiger partial charge < -0.3 is 5.32 Å². The van der Waals surface area contributed by atoms with E-state index in [-0.39, 0.29) is 5.91 Å². The molecule has 1 saturated carbocycles. The van der Waals surface area contributed by atoms with Crippen LogP contribution in [0.4, 0.5) is 0 Å². The van der Waals surface area contributed by atoms with E-state index in [1.165, 1.54) is 12.8 Å². The third-order valence-corrected chi connectivity index (χ3v) is 2.89. The minimum Gasteiger partial charge on any atom is -0.356 e. The summed E-state index contributed by atoms with van der Waals surface area (Å²) >= 11 is 0. The summed E-state index contributed by atoms with van der Waals surface area (Å²) in [5, 5.41) is 3.04. The van der Waals surface area contributed by atoms with Gasteiger partial charge in [0.1, 0.15) is 0 Å². The average molecular weight is 179 g/mol. The van der Waals surface area contributed by atoms with E-state index in [0.29, 0.717) is 11.8 Å². The van der Waals surface area contributed by atoms with Gasteiger partial charge in [0.2, 0.25) is 5.91 Å². The van der Waals surface area contributed by atoms with Crippen molar-refractivity contribution < 1.29 is 4.79 Å². The Morgan fingerprint density at radius 3 is 2.77 bits per heavy atom. The van der Waals surface area contributed by atoms with Crippen molar-refractivity contribution in [2.24, 2.45) is 11.8 Å². The smallest absolute Gasteiger partial charge is 0.223 e. The average Bonchev–Trinajstić information content (AvgIpc) is 2.99. The number of hydrogen-bond acceptors (Lipinski definition) is 1. The molecule has 0 spiro atoms. The Kier molecular flexibility index (Phi) is 2.67. The summed E-state index contributed by atoms with van der Waals surface area (Å²) in [7, 11) is 0. The van der Waals surface area contributed by atoms with Crippen molar-refractivity contribution in [1.82, 2.24) is 5.32 Å². The van der Waals surface area contributed by atoms with E-state index < -0.39 is 0 Å². The Hall–Kier alpha value is -0.790. The normalized spacial score (nSPS) is 27.2. The van der Waals surface area contributed by atoms with Gasteiger partial charge in [-0.3, -0.25) is 4.79 Å². The van der Waals surface area contributed by atoms with Gasteiger partial charge in [-0.15, -0.1) is 0 Å². The molecule has 0 radical (unpaired) electrons. The van der Waals surface area contributed by atoms with Crippen LogP contribution >= 0.6 is 0 Å². The van der Waals surface area contributed by atoms with Crippen molar-refractivity contribution in [3.8, 4) is 0 Å². The fraction of sp³-hybridized carbons (Fsp3) is 0.727. The van der Waals surface area contributed by atoms with Gasteiger partial charge >= 0.3 is 0 Å². The van der Waals surface area contributed by atoms with Gasteiger partial charge in [-0.05, 0) is 38.0 Å². The molecule has 13 heavy (non-hydrogen) atoms. The summed E-state index contributed by atoms with van der Waals surface area (Å²) in [6, 6.07) is 0. The first kappa shape index (κ1) is 8.79. The van der Waals surface area contributed by atoms with Gasteiger partial charge in [-0.25, -0.2) is 0 Å². The maximum absolute atomic E-state index is 11.3. The predicted molar refractivity (Wildman–Crippen MR) is 52.2 cm³/mol. The SMILES string of the molecule is O=C(NCC1CC=CCC1)C1CC1. The van der Waals surface area contributed by atoms with Crippen LogP contribution in [-0.4, -0.2) is 12.5 Å². The summed E-state index contributed by atoms with van der Waals surface area (Å²) in [4.78, 5) is 11.3. The molecule has 0 aliphatic heterocycles. The quantitative estimate of drug-likeness (QED) is 0.658. The van der Waals surface area contributed by atoms with Crippen LogP contribution in [-0.2, 0) is 4.79 Å². The van der Waals surface area contributed by atoms with Gasteiger partial charge in [0, 0.05) is 12.5 Å². The van der Waals surface area contributed by atoms with E-state index in [0.717, 1.165) is 25.8 Å². The molecule has 0 aromatic heterocycles. The van der Waals surface area contributed by atoms with Crippen LogP contribution in [0.15, 0.2) is 12.2 Å². The molecular formula is C11H17NO. The molecule has 1 N–H and O–H groups in total. The molecule has 0 aromatic rings. The fourth-order valence-corrected chi connectivity index (χ4v) is 1.78. The highest BCUT2D eigenvalue weighted by Gasteiger charge is 2.29. The molecule has 0 heterocycles. The summed E-state index contributed by atoms with van der Waals surface area (Å²) < 4.78 is 0. The highest BCUT2D eigenvalue weighted by Crippen LogP contribution is 2.29. The number of nitrogens with one attached hydrogen (secondary N) is 1. The molecule has 1 amide bonds. The number of carbonyl (C=O) groups is 1. The van der Waals surface area contributed by atoms with Gasteiger partial charge in [0.05, 0.1) is 0 Å². The molecule has 0 saturated heterocycles. The highest BCUT2D eigenvalue weighted by atomic mass is 16.2. The van der Waals surface area contributed by atoms with Crippen molar-refractivity contribution in [2.75, 3.05) is 6.54 Å². The second kappa shape index (κ2) is 3.95. The molecule has 2 aliphatic rings. The van der Waals surface area contributed by atoms with E-state index >= 15 is 0 Å². The minimum atomic E-state index is 0.287. The zero-order valence-electron chi connectivity index (χ0n) is 7.96. The maximum atomic E-state index is 11.3. The van der Waals surface area contributed by atoms with Crippen molar-refractivity contribution in [3.05, 3.63) is 12.2 Å². The van der Waals surface area contributed by atoms with Crippen LogP contribution in [0.25, 0.3) is 0 Å². The Labute approximate surface area is 79.4 Å². The number of carbonyl (C=O) groups excluding carboxylic acids is 1. The maximum Gasteiger partial charge on any atom is 0.223 e. The monoisotopic (exact) mass is 179 g/mol. The molecule has 2 nitrogen and oxygen atoms in total. The summed E-state index contributed by atoms with van der Waals surface area (Å²) in [5.41, 5.74) is 0. The van der Waals surface area contributed by atoms with Crippen molar-refractivity contribution >= 4 is 5.91 Å². The second-order valence-corrected chi connectivity index (χ2v) is 4.17. The first-order valence-electron chi connectivity index (χ1n) is 5.29. The lowest BCUT2D eigenvalue weighted by atomic mass is 9.94. The molecule has 1 atom stereocenters. The largest absolute Gasteiger partial charge is 0.356 e. The number of allylic oxidation sites excluding steroid dienone is 2. The van der Waals surface area contributed by atoms with Crippen LogP contribution in [0.3, 0.4) is 0 Å². The van der Waals surface area contributed by atoms with E-state index in [1.807, 2.05) is 0 Å². The molecule has 0 bridgehead atoms. The number of amides is 1. The Balaban J connectivity index is 1.66. The zero-order valence-corrected chi connectivity index (χ0v) is 7.96. The lowest BCUT2D eigenvalue weighted by Gasteiger charge is -2.17. The Bertz CT molecular complexity index is 218. The van der Waals surface area contributed by atoms with Crippen molar-refractivity contribution in [2.45, 2.75) is 32.1 Å². The van der Waals surface area contributed by atoms with Crippen LogP contribution in [0, 0.1) is 11.8 Å². The van der Waals surface area contributed by atoms with Crippen LogP contribution in [0.2, 0.25) is 0 Å². The van der Waals surface area contributed by atoms with E-state index in [4.69, 9.17) is 0 Å². The zero-order chi connectivity index (χ0) is 9.10. The lowest BCUT2D eigenvalue weighted by molar-refractivity contribution is -0.122. The van der Waals surface area contributed by atoms with Gasteiger partial charge in [-0.2, -0.15) is 0 Å². The van der Waals surface area contributed by atoms with E-state index in [9.17, 15) is 4.79 Å². The molecule has 2 heteroatoms. The van der Waals surface area contributed by atoms with Crippen molar-refractivity contribution in [1.29, 1.82) is 0 Å². The topological polar surface area (TPSA) is 29.1 Å². The standard InChI is InChI=1S/C11H17NO/c13-11(10-6-7-10)12-8-9-4-2-1-3-5-9/h1-2,9-10H,3-8H2,(H,12,13). The number of hydrogen-bond donors (Lipinski definition) is 1. The summed E-state index contributed by atoms with van der Waals surface area (Å²) in [5.74, 6) is 1.33. The lowest BCUT2D eigenvalue weighted by Crippen LogP contribution is -2.30. The third kappa shape index (κ3) is 2.58. The van der Waals surface area contributed by atoms with E-state index in [1.54, 1.807) is 0 Å². The van der Waals surface area contributed by atoms with Crippen LogP contribution in [0.5, 0.6) is 0 Å². The predicted octanol–water partition coefficient (Wildman–Crippen LogP) is 1.87. The summed E-state index contributed by atoms with van der Waals surface area (Å²) in [6.45, 7) is 0.889. The Morgan fingerprint density at radius 1 is 1.31 bits per heavy atom. The van der Waals surface area contributed by atoms with Gasteiger partial charge in [-0.1, -0.05) is 12.2 Å². The molecule has 2 rings (SSSR count). The molecule has 72 valence electrons. The minimum absolute atomic E-state index is 0.287. The van der Waals surface area contributed by atoms with Crippen molar-refractivity contribution in [3.63, 3.8) is 0 Å². The first-order valence-corrected chi connectivity index (χ1v) is 5.29. The summed E-state index contributed by atoms with van der Waals surface area (Å²) in [6.07, 6.45) is 10.2.